The first-order chi connectivity index (χ1) is 14.6. The summed E-state index contributed by atoms with van der Waals surface area (Å²) < 4.78 is 10.8. The van der Waals surface area contributed by atoms with Crippen LogP contribution in [0.5, 0.6) is 5.75 Å². The van der Waals surface area contributed by atoms with Crippen molar-refractivity contribution in [1.82, 2.24) is 4.90 Å². The molecule has 0 aliphatic heterocycles. The number of benzene rings is 2. The third-order valence-electron chi connectivity index (χ3n) is 4.47. The lowest BCUT2D eigenvalue weighted by molar-refractivity contribution is -0.147. The highest BCUT2D eigenvalue weighted by molar-refractivity contribution is 7.09. The van der Waals surface area contributed by atoms with Gasteiger partial charge in [-0.3, -0.25) is 4.79 Å². The molecule has 3 rings (SSSR count). The first kappa shape index (κ1) is 21.3. The van der Waals surface area contributed by atoms with Crippen molar-refractivity contribution in [3.05, 3.63) is 88.1 Å². The summed E-state index contributed by atoms with van der Waals surface area (Å²) in [6.07, 6.45) is 1.72. The van der Waals surface area contributed by atoms with Crippen LogP contribution >= 0.6 is 11.3 Å². The standard InChI is InChI=1S/C24H23NO4S/c1-25(16-20-12-8-14-30-20)23(26)17-29-24(27)21(18-9-4-3-5-10-18)15-19-11-6-7-13-22(19)28-2/h3-15H,16-17H2,1-2H3/b21-15+. The number of carbonyl (C=O) groups is 2. The maximum Gasteiger partial charge on any atom is 0.339 e. The molecular weight excluding hydrogens is 398 g/mol. The molecule has 5 nitrogen and oxygen atoms in total. The van der Waals surface area contributed by atoms with E-state index in [-0.39, 0.29) is 12.5 Å². The molecule has 0 aliphatic carbocycles. The van der Waals surface area contributed by atoms with Gasteiger partial charge in [-0.05, 0) is 29.2 Å². The topological polar surface area (TPSA) is 55.8 Å². The van der Waals surface area contributed by atoms with Crippen LogP contribution < -0.4 is 4.74 Å². The Hall–Kier alpha value is -3.38. The Morgan fingerprint density at radius 1 is 1.00 bits per heavy atom. The first-order valence-electron chi connectivity index (χ1n) is 9.42. The van der Waals surface area contributed by atoms with Crippen LogP contribution in [0.25, 0.3) is 11.6 Å². The molecule has 0 saturated heterocycles. The fourth-order valence-corrected chi connectivity index (χ4v) is 3.62. The normalized spacial score (nSPS) is 11.1. The van der Waals surface area contributed by atoms with Gasteiger partial charge in [0.1, 0.15) is 5.75 Å². The van der Waals surface area contributed by atoms with Crippen LogP contribution in [0.2, 0.25) is 0 Å². The van der Waals surface area contributed by atoms with Crippen molar-refractivity contribution in [2.75, 3.05) is 20.8 Å². The lowest BCUT2D eigenvalue weighted by Crippen LogP contribution is -2.30. The Labute approximate surface area is 180 Å². The Bertz CT molecular complexity index is 1010. The minimum atomic E-state index is -0.565. The fraction of sp³-hybridized carbons (Fsp3) is 0.167. The number of hydrogen-bond acceptors (Lipinski definition) is 5. The van der Waals surface area contributed by atoms with Crippen molar-refractivity contribution in [2.24, 2.45) is 0 Å². The molecule has 0 bridgehead atoms. The summed E-state index contributed by atoms with van der Waals surface area (Å²) in [4.78, 5) is 27.9. The number of ether oxygens (including phenoxy) is 2. The molecule has 0 saturated carbocycles. The largest absolute Gasteiger partial charge is 0.496 e. The van der Waals surface area contributed by atoms with E-state index in [2.05, 4.69) is 0 Å². The van der Waals surface area contributed by atoms with Crippen LogP contribution in [0.4, 0.5) is 0 Å². The van der Waals surface area contributed by atoms with E-state index in [0.29, 0.717) is 23.4 Å². The van der Waals surface area contributed by atoms with Crippen LogP contribution in [0.3, 0.4) is 0 Å². The molecule has 1 amide bonds. The molecule has 30 heavy (non-hydrogen) atoms. The summed E-state index contributed by atoms with van der Waals surface area (Å²) >= 11 is 1.58. The van der Waals surface area contributed by atoms with Crippen molar-refractivity contribution in [1.29, 1.82) is 0 Å². The predicted octanol–water partition coefficient (Wildman–Crippen LogP) is 4.50. The number of methoxy groups -OCH3 is 1. The summed E-state index contributed by atoms with van der Waals surface area (Å²) in [6, 6.07) is 20.5. The smallest absolute Gasteiger partial charge is 0.339 e. The zero-order chi connectivity index (χ0) is 21.3. The third kappa shape index (κ3) is 5.58. The number of thiophene rings is 1. The summed E-state index contributed by atoms with van der Waals surface area (Å²) in [7, 11) is 3.27. The SMILES string of the molecule is COc1ccccc1/C=C(/C(=O)OCC(=O)N(C)Cc1cccs1)c1ccccc1. The van der Waals surface area contributed by atoms with Gasteiger partial charge in [0.2, 0.25) is 0 Å². The number of para-hydroxylation sites is 1. The van der Waals surface area contributed by atoms with Crippen LogP contribution in [-0.2, 0) is 20.9 Å². The highest BCUT2D eigenvalue weighted by atomic mass is 32.1. The van der Waals surface area contributed by atoms with E-state index in [4.69, 9.17) is 9.47 Å². The lowest BCUT2D eigenvalue weighted by atomic mass is 10.0. The number of likely N-dealkylation sites (N-methyl/N-ethyl adjacent to an activating group) is 1. The van der Waals surface area contributed by atoms with Gasteiger partial charge in [0.15, 0.2) is 6.61 Å². The van der Waals surface area contributed by atoms with Crippen molar-refractivity contribution in [2.45, 2.75) is 6.54 Å². The van der Waals surface area contributed by atoms with Crippen LogP contribution in [-0.4, -0.2) is 37.5 Å². The molecule has 0 N–H and O–H groups in total. The van der Waals surface area contributed by atoms with Gasteiger partial charge in [-0.1, -0.05) is 54.6 Å². The quantitative estimate of drug-likeness (QED) is 0.305. The number of hydrogen-bond donors (Lipinski definition) is 0. The molecule has 0 unspecified atom stereocenters. The second kappa shape index (κ2) is 10.4. The number of rotatable bonds is 8. The highest BCUT2D eigenvalue weighted by Crippen LogP contribution is 2.25. The predicted molar refractivity (Wildman–Crippen MR) is 119 cm³/mol. The summed E-state index contributed by atoms with van der Waals surface area (Å²) in [6.45, 7) is 0.160. The van der Waals surface area contributed by atoms with E-state index in [1.165, 1.54) is 0 Å². The molecular formula is C24H23NO4S. The van der Waals surface area contributed by atoms with E-state index in [0.717, 1.165) is 10.4 Å². The van der Waals surface area contributed by atoms with Crippen LogP contribution in [0.15, 0.2) is 72.1 Å². The maximum atomic E-state index is 12.9. The van der Waals surface area contributed by atoms with Gasteiger partial charge in [-0.15, -0.1) is 11.3 Å². The Morgan fingerprint density at radius 2 is 1.73 bits per heavy atom. The van der Waals surface area contributed by atoms with Gasteiger partial charge in [-0.25, -0.2) is 4.79 Å². The van der Waals surface area contributed by atoms with E-state index >= 15 is 0 Å². The Morgan fingerprint density at radius 3 is 2.43 bits per heavy atom. The third-order valence-corrected chi connectivity index (χ3v) is 5.33. The summed E-state index contributed by atoms with van der Waals surface area (Å²) in [5.41, 5.74) is 1.80. The average molecular weight is 422 g/mol. The molecule has 0 fully saturated rings. The number of nitrogens with zero attached hydrogens (tertiary/aromatic N) is 1. The zero-order valence-corrected chi connectivity index (χ0v) is 17.7. The van der Waals surface area contributed by atoms with Gasteiger partial charge >= 0.3 is 5.97 Å². The van der Waals surface area contributed by atoms with E-state index in [1.807, 2.05) is 72.1 Å². The Balaban J connectivity index is 1.76. The van der Waals surface area contributed by atoms with E-state index in [1.54, 1.807) is 36.5 Å². The minimum absolute atomic E-state index is 0.263. The van der Waals surface area contributed by atoms with E-state index in [9.17, 15) is 9.59 Å². The lowest BCUT2D eigenvalue weighted by Gasteiger charge is -2.16. The maximum absolute atomic E-state index is 12.9. The average Bonchev–Trinajstić information content (AvgIpc) is 3.29. The molecule has 6 heteroatoms. The van der Waals surface area contributed by atoms with Gasteiger partial charge in [0.05, 0.1) is 19.2 Å². The molecule has 3 aromatic rings. The molecule has 154 valence electrons. The second-order valence-electron chi connectivity index (χ2n) is 6.57. The van der Waals surface area contributed by atoms with E-state index < -0.39 is 5.97 Å². The van der Waals surface area contributed by atoms with Crippen LogP contribution in [0.1, 0.15) is 16.0 Å². The van der Waals surface area contributed by atoms with Gasteiger partial charge in [0, 0.05) is 17.5 Å². The minimum Gasteiger partial charge on any atom is -0.496 e. The summed E-state index contributed by atoms with van der Waals surface area (Å²) in [5, 5.41) is 1.96. The molecule has 0 aliphatic rings. The highest BCUT2D eigenvalue weighted by Gasteiger charge is 2.18. The molecule has 0 radical (unpaired) electrons. The monoisotopic (exact) mass is 421 g/mol. The van der Waals surface area contributed by atoms with Gasteiger partial charge in [0.25, 0.3) is 5.91 Å². The van der Waals surface area contributed by atoms with Gasteiger partial charge < -0.3 is 14.4 Å². The molecule has 0 spiro atoms. The number of esters is 1. The molecule has 2 aromatic carbocycles. The fourth-order valence-electron chi connectivity index (χ4n) is 2.86. The van der Waals surface area contributed by atoms with Crippen molar-refractivity contribution in [3.63, 3.8) is 0 Å². The Kier molecular flexibility index (Phi) is 7.40. The van der Waals surface area contributed by atoms with Crippen molar-refractivity contribution < 1.29 is 19.1 Å². The van der Waals surface area contributed by atoms with Crippen molar-refractivity contribution >= 4 is 34.9 Å². The number of carbonyl (C=O) groups excluding carboxylic acids is 2. The number of amides is 1. The zero-order valence-electron chi connectivity index (χ0n) is 16.9. The molecule has 1 aromatic heterocycles. The second-order valence-corrected chi connectivity index (χ2v) is 7.60. The van der Waals surface area contributed by atoms with Gasteiger partial charge in [-0.2, -0.15) is 0 Å². The van der Waals surface area contributed by atoms with Crippen molar-refractivity contribution in [3.8, 4) is 5.75 Å². The first-order valence-corrected chi connectivity index (χ1v) is 10.3. The van der Waals surface area contributed by atoms with Crippen LogP contribution in [0, 0.1) is 0 Å². The molecule has 1 heterocycles. The summed E-state index contributed by atoms with van der Waals surface area (Å²) in [5.74, 6) is -0.183. The molecule has 0 atom stereocenters.